The van der Waals surface area contributed by atoms with Gasteiger partial charge in [-0.25, -0.2) is 13.4 Å². The second-order valence-corrected chi connectivity index (χ2v) is 5.67. The van der Waals surface area contributed by atoms with Crippen molar-refractivity contribution in [2.45, 2.75) is 18.2 Å². The highest BCUT2D eigenvalue weighted by molar-refractivity contribution is 8.13. The van der Waals surface area contributed by atoms with E-state index in [1.807, 2.05) is 0 Å². The van der Waals surface area contributed by atoms with Crippen molar-refractivity contribution in [1.82, 2.24) is 4.98 Å². The van der Waals surface area contributed by atoms with Crippen molar-refractivity contribution in [3.05, 3.63) is 21.9 Å². The van der Waals surface area contributed by atoms with E-state index in [0.29, 0.717) is 6.20 Å². The van der Waals surface area contributed by atoms with Gasteiger partial charge in [-0.1, -0.05) is 0 Å². The molecule has 0 saturated carbocycles. The molecule has 0 spiro atoms. The first-order valence-corrected chi connectivity index (χ1v) is 6.59. The van der Waals surface area contributed by atoms with Crippen molar-refractivity contribution in [2.24, 2.45) is 0 Å². The maximum atomic E-state index is 12.0. The molecule has 12 heteroatoms. The molecule has 0 amide bonds. The van der Waals surface area contributed by atoms with Gasteiger partial charge in [-0.3, -0.25) is 10.1 Å². The molecular weight excluding hydrogens is 317 g/mol. The minimum atomic E-state index is -5.26. The Labute approximate surface area is 108 Å². The first kappa shape index (κ1) is 15.4. The predicted molar refractivity (Wildman–Crippen MR) is 55.4 cm³/mol. The van der Waals surface area contributed by atoms with Crippen LogP contribution < -0.4 is 4.74 Å². The predicted octanol–water partition coefficient (Wildman–Crippen LogP) is 2.12. The van der Waals surface area contributed by atoms with Crippen molar-refractivity contribution >= 4 is 25.4 Å². The van der Waals surface area contributed by atoms with Crippen molar-refractivity contribution in [3.63, 3.8) is 0 Å². The maximum Gasteiger partial charge on any atom is 0.574 e. The summed E-state index contributed by atoms with van der Waals surface area (Å²) in [4.78, 5) is 11.3. The summed E-state index contributed by atoms with van der Waals surface area (Å²) in [6.07, 6.45) is -4.59. The summed E-state index contributed by atoms with van der Waals surface area (Å²) in [5.41, 5.74) is -1.75. The van der Waals surface area contributed by atoms with Crippen LogP contribution in [0, 0.1) is 17.0 Å². The lowest BCUT2D eigenvalue weighted by Crippen LogP contribution is -2.19. The molecular formula is C7H4ClF3N2O5S. The molecule has 1 aromatic rings. The van der Waals surface area contributed by atoms with E-state index in [1.54, 1.807) is 0 Å². The molecule has 0 aliphatic carbocycles. The van der Waals surface area contributed by atoms with E-state index in [0.717, 1.165) is 6.92 Å². The monoisotopic (exact) mass is 320 g/mol. The smallest absolute Gasteiger partial charge is 0.381 e. The van der Waals surface area contributed by atoms with E-state index in [4.69, 9.17) is 10.7 Å². The SMILES string of the molecule is Cc1cnc(OC(F)(F)F)c([N+](=O)[O-])c1S(=O)(=O)Cl. The zero-order chi connectivity index (χ0) is 15.0. The molecule has 0 aliphatic heterocycles. The van der Waals surface area contributed by atoms with Crippen LogP contribution in [0.25, 0.3) is 0 Å². The molecule has 1 aromatic heterocycles. The van der Waals surface area contributed by atoms with E-state index in [9.17, 15) is 31.7 Å². The average Bonchev–Trinajstić information content (AvgIpc) is 2.15. The Morgan fingerprint density at radius 3 is 2.37 bits per heavy atom. The van der Waals surface area contributed by atoms with Crippen molar-refractivity contribution in [2.75, 3.05) is 0 Å². The second kappa shape index (κ2) is 4.81. The Hall–Kier alpha value is -1.62. The molecule has 0 unspecified atom stereocenters. The lowest BCUT2D eigenvalue weighted by molar-refractivity contribution is -0.392. The normalized spacial score (nSPS) is 12.3. The summed E-state index contributed by atoms with van der Waals surface area (Å²) in [5, 5.41) is 10.7. The van der Waals surface area contributed by atoms with Gasteiger partial charge < -0.3 is 4.74 Å². The van der Waals surface area contributed by atoms with Crippen LogP contribution >= 0.6 is 10.7 Å². The summed E-state index contributed by atoms with van der Waals surface area (Å²) >= 11 is 0. The fourth-order valence-corrected chi connectivity index (χ4v) is 2.63. The highest BCUT2D eigenvalue weighted by atomic mass is 35.7. The van der Waals surface area contributed by atoms with Gasteiger partial charge in [0.15, 0.2) is 4.90 Å². The second-order valence-electron chi connectivity index (χ2n) is 3.17. The summed E-state index contributed by atoms with van der Waals surface area (Å²) < 4.78 is 61.8. The van der Waals surface area contributed by atoms with E-state index >= 15 is 0 Å². The van der Waals surface area contributed by atoms with E-state index < -0.39 is 36.8 Å². The van der Waals surface area contributed by atoms with Crippen molar-refractivity contribution in [1.29, 1.82) is 0 Å². The molecule has 0 aliphatic rings. The molecule has 0 saturated heterocycles. The van der Waals surface area contributed by atoms with Gasteiger partial charge in [0.05, 0.1) is 4.92 Å². The number of aryl methyl sites for hydroxylation is 1. The highest BCUT2D eigenvalue weighted by Gasteiger charge is 2.39. The van der Waals surface area contributed by atoms with Gasteiger partial charge in [-0.2, -0.15) is 0 Å². The van der Waals surface area contributed by atoms with Crippen LogP contribution in [0.5, 0.6) is 5.88 Å². The van der Waals surface area contributed by atoms with E-state index in [2.05, 4.69) is 9.72 Å². The van der Waals surface area contributed by atoms with Crippen molar-refractivity contribution < 1.29 is 31.2 Å². The van der Waals surface area contributed by atoms with Gasteiger partial charge in [0.25, 0.3) is 9.05 Å². The van der Waals surface area contributed by atoms with Crippen LogP contribution in [0.3, 0.4) is 0 Å². The maximum absolute atomic E-state index is 12.0. The molecule has 1 heterocycles. The fourth-order valence-electron chi connectivity index (χ4n) is 1.21. The molecule has 0 N–H and O–H groups in total. The number of nitro groups is 1. The Bertz CT molecular complexity index is 630. The number of nitrogens with zero attached hydrogens (tertiary/aromatic N) is 2. The Morgan fingerprint density at radius 2 is 2.00 bits per heavy atom. The first-order chi connectivity index (χ1) is 8.43. The minimum absolute atomic E-state index is 0.281. The lowest BCUT2D eigenvalue weighted by atomic mass is 10.3. The lowest BCUT2D eigenvalue weighted by Gasteiger charge is -2.10. The largest absolute Gasteiger partial charge is 0.574 e. The molecule has 7 nitrogen and oxygen atoms in total. The molecule has 0 fully saturated rings. The van der Waals surface area contributed by atoms with Crippen LogP contribution in [-0.4, -0.2) is 24.7 Å². The number of hydrogen-bond acceptors (Lipinski definition) is 6. The molecule has 0 atom stereocenters. The summed E-state index contributed by atoms with van der Waals surface area (Å²) in [5.74, 6) is -1.50. The van der Waals surface area contributed by atoms with E-state index in [1.165, 1.54) is 0 Å². The Balaban J connectivity index is 3.65. The molecule has 0 aromatic carbocycles. The van der Waals surface area contributed by atoms with E-state index in [-0.39, 0.29) is 5.56 Å². The van der Waals surface area contributed by atoms with Gasteiger partial charge in [0, 0.05) is 16.9 Å². The summed E-state index contributed by atoms with van der Waals surface area (Å²) in [7, 11) is 0.315. The van der Waals surface area contributed by atoms with Crippen LogP contribution in [0.1, 0.15) is 5.56 Å². The fraction of sp³-hybridized carbons (Fsp3) is 0.286. The average molecular weight is 321 g/mol. The molecule has 1 rings (SSSR count). The third kappa shape index (κ3) is 3.67. The Kier molecular flexibility index (Phi) is 3.91. The van der Waals surface area contributed by atoms with Crippen molar-refractivity contribution in [3.8, 4) is 5.88 Å². The van der Waals surface area contributed by atoms with Gasteiger partial charge in [0.1, 0.15) is 0 Å². The summed E-state index contributed by atoms with van der Waals surface area (Å²) in [6.45, 7) is 1.09. The highest BCUT2D eigenvalue weighted by Crippen LogP contribution is 2.38. The van der Waals surface area contributed by atoms with Crippen LogP contribution in [0.2, 0.25) is 0 Å². The molecule has 0 radical (unpaired) electrons. The number of halogens is 4. The Morgan fingerprint density at radius 1 is 1.47 bits per heavy atom. The number of alkyl halides is 3. The van der Waals surface area contributed by atoms with Crippen LogP contribution in [0.15, 0.2) is 11.1 Å². The molecule has 19 heavy (non-hydrogen) atoms. The van der Waals surface area contributed by atoms with Gasteiger partial charge >= 0.3 is 17.9 Å². The molecule has 106 valence electrons. The first-order valence-electron chi connectivity index (χ1n) is 4.28. The van der Waals surface area contributed by atoms with Gasteiger partial charge in [-0.15, -0.1) is 13.2 Å². The number of aromatic nitrogens is 1. The van der Waals surface area contributed by atoms with Crippen LogP contribution in [0.4, 0.5) is 18.9 Å². The zero-order valence-corrected chi connectivity index (χ0v) is 10.5. The number of ether oxygens (including phenoxy) is 1. The molecule has 0 bridgehead atoms. The van der Waals surface area contributed by atoms with Crippen LogP contribution in [-0.2, 0) is 9.05 Å². The topological polar surface area (TPSA) is 99.4 Å². The van der Waals surface area contributed by atoms with Gasteiger partial charge in [0.2, 0.25) is 0 Å². The number of pyridine rings is 1. The number of rotatable bonds is 3. The number of hydrogen-bond donors (Lipinski definition) is 0. The quantitative estimate of drug-likeness (QED) is 0.480. The third-order valence-corrected chi connectivity index (χ3v) is 3.26. The zero-order valence-electron chi connectivity index (χ0n) is 8.93. The third-order valence-electron chi connectivity index (χ3n) is 1.79. The minimum Gasteiger partial charge on any atom is -0.381 e. The van der Waals surface area contributed by atoms with Gasteiger partial charge in [-0.05, 0) is 12.5 Å². The standard InChI is InChI=1S/C7H4ClF3N2O5S/c1-3-2-12-6(18-7(9,10)11)4(13(14)15)5(3)19(8,16)17/h2H,1H3. The summed E-state index contributed by atoms with van der Waals surface area (Å²) in [6, 6.07) is 0.